The average Bonchev–Trinajstić information content (AvgIpc) is 2.43. The molecule has 0 unspecified atom stereocenters. The van der Waals surface area contributed by atoms with Crippen molar-refractivity contribution in [1.82, 2.24) is 5.32 Å². The molecule has 1 fully saturated rings. The van der Waals surface area contributed by atoms with E-state index in [-0.39, 0.29) is 15.5 Å². The molecular weight excluding hydrogens is 360 g/mol. The summed E-state index contributed by atoms with van der Waals surface area (Å²) < 4.78 is 28.5. The molecule has 2 aromatic rings. The molecule has 0 radical (unpaired) electrons. The second kappa shape index (κ2) is 5.67. The van der Waals surface area contributed by atoms with E-state index in [1.807, 2.05) is 24.3 Å². The lowest BCUT2D eigenvalue weighted by Crippen LogP contribution is -2.58. The molecule has 5 heteroatoms. The van der Waals surface area contributed by atoms with Gasteiger partial charge in [0.1, 0.15) is 11.6 Å². The fourth-order valence-corrected chi connectivity index (χ4v) is 3.23. The van der Waals surface area contributed by atoms with Gasteiger partial charge in [0.15, 0.2) is 0 Å². The van der Waals surface area contributed by atoms with E-state index < -0.39 is 11.6 Å². The van der Waals surface area contributed by atoms with Crippen LogP contribution in [0.15, 0.2) is 40.9 Å². The molecule has 1 aliphatic rings. The minimum atomic E-state index is -0.518. The molecular formula is C16H13BrClF2N. The molecule has 0 amide bonds. The van der Waals surface area contributed by atoms with Crippen molar-refractivity contribution in [1.29, 1.82) is 0 Å². The first-order valence-electron chi connectivity index (χ1n) is 6.61. The van der Waals surface area contributed by atoms with E-state index in [0.717, 1.165) is 5.56 Å². The maximum absolute atomic E-state index is 14.2. The molecule has 1 nitrogen and oxygen atoms in total. The van der Waals surface area contributed by atoms with Crippen LogP contribution in [0, 0.1) is 11.6 Å². The van der Waals surface area contributed by atoms with Gasteiger partial charge in [-0.1, -0.05) is 23.7 Å². The van der Waals surface area contributed by atoms with E-state index in [4.69, 9.17) is 11.6 Å². The van der Waals surface area contributed by atoms with Crippen LogP contribution in [0.25, 0.3) is 0 Å². The zero-order valence-corrected chi connectivity index (χ0v) is 13.4. The molecule has 1 N–H and O–H groups in total. The van der Waals surface area contributed by atoms with E-state index in [9.17, 15) is 8.78 Å². The average molecular weight is 373 g/mol. The molecule has 0 saturated carbocycles. The predicted molar refractivity (Wildman–Crippen MR) is 83.8 cm³/mol. The minimum absolute atomic E-state index is 0.126. The third kappa shape index (κ3) is 2.72. The van der Waals surface area contributed by atoms with Crippen molar-refractivity contribution >= 4 is 27.5 Å². The lowest BCUT2D eigenvalue weighted by Gasteiger charge is -2.43. The molecule has 3 rings (SSSR count). The zero-order chi connectivity index (χ0) is 15.0. The molecule has 0 aliphatic carbocycles. The van der Waals surface area contributed by atoms with Crippen LogP contribution in [0.5, 0.6) is 0 Å². The molecule has 1 heterocycles. The lowest BCUT2D eigenvalue weighted by molar-refractivity contribution is 0.268. The topological polar surface area (TPSA) is 12.0 Å². The van der Waals surface area contributed by atoms with Crippen molar-refractivity contribution in [3.8, 4) is 0 Å². The summed E-state index contributed by atoms with van der Waals surface area (Å²) in [5.74, 6) is -1.02. The van der Waals surface area contributed by atoms with Crippen molar-refractivity contribution in [2.24, 2.45) is 0 Å². The van der Waals surface area contributed by atoms with Gasteiger partial charge in [0.2, 0.25) is 0 Å². The highest BCUT2D eigenvalue weighted by Crippen LogP contribution is 2.35. The van der Waals surface area contributed by atoms with Gasteiger partial charge in [0, 0.05) is 29.1 Å². The lowest BCUT2D eigenvalue weighted by atomic mass is 9.71. The molecule has 1 aliphatic heterocycles. The molecule has 21 heavy (non-hydrogen) atoms. The number of hydrogen-bond acceptors (Lipinski definition) is 1. The van der Waals surface area contributed by atoms with Crippen molar-refractivity contribution in [3.05, 3.63) is 68.7 Å². The smallest absolute Gasteiger partial charge is 0.143 e. The van der Waals surface area contributed by atoms with E-state index in [0.29, 0.717) is 24.5 Å². The van der Waals surface area contributed by atoms with Gasteiger partial charge in [-0.25, -0.2) is 8.78 Å². The second-order valence-corrected chi connectivity index (χ2v) is 6.68. The van der Waals surface area contributed by atoms with Crippen molar-refractivity contribution < 1.29 is 8.78 Å². The summed E-state index contributed by atoms with van der Waals surface area (Å²) >= 11 is 9.03. The quantitative estimate of drug-likeness (QED) is 0.784. The fraction of sp³-hybridized carbons (Fsp3) is 0.250. The molecule has 2 aromatic carbocycles. The maximum atomic E-state index is 14.2. The van der Waals surface area contributed by atoms with E-state index in [2.05, 4.69) is 21.2 Å². The van der Waals surface area contributed by atoms with E-state index >= 15 is 0 Å². The number of benzene rings is 2. The Kier molecular flexibility index (Phi) is 4.04. The summed E-state index contributed by atoms with van der Waals surface area (Å²) in [5.41, 5.74) is 0.887. The molecule has 0 bridgehead atoms. The molecule has 0 aromatic heterocycles. The third-order valence-corrected chi connectivity index (χ3v) is 4.90. The summed E-state index contributed by atoms with van der Waals surface area (Å²) in [6.45, 7) is 1.39. The Morgan fingerprint density at radius 2 is 1.76 bits per heavy atom. The zero-order valence-electron chi connectivity index (χ0n) is 11.1. The van der Waals surface area contributed by atoms with Crippen molar-refractivity contribution in [2.75, 3.05) is 13.1 Å². The fourth-order valence-electron chi connectivity index (χ4n) is 2.73. The Morgan fingerprint density at radius 1 is 1.10 bits per heavy atom. The number of nitrogens with one attached hydrogen (secondary N) is 1. The van der Waals surface area contributed by atoms with Gasteiger partial charge in [-0.15, -0.1) is 0 Å². The van der Waals surface area contributed by atoms with Crippen LogP contribution in [-0.2, 0) is 11.8 Å². The molecule has 1 saturated heterocycles. The Bertz CT molecular complexity index is 669. The highest BCUT2D eigenvalue weighted by atomic mass is 79.9. The summed E-state index contributed by atoms with van der Waals surface area (Å²) in [6, 6.07) is 10.2. The maximum Gasteiger partial charge on any atom is 0.143 e. The first kappa shape index (κ1) is 14.9. The highest BCUT2D eigenvalue weighted by molar-refractivity contribution is 9.10. The Labute approximate surface area is 135 Å². The SMILES string of the molecule is Fc1ccc(Br)c(F)c1CC1(c2ccc(Cl)cc2)CNC1. The first-order valence-corrected chi connectivity index (χ1v) is 7.78. The summed E-state index contributed by atoms with van der Waals surface area (Å²) in [6.07, 6.45) is 0.318. The molecule has 0 spiro atoms. The number of rotatable bonds is 3. The van der Waals surface area contributed by atoms with E-state index in [1.54, 1.807) is 0 Å². The van der Waals surface area contributed by atoms with Crippen LogP contribution in [0.3, 0.4) is 0 Å². The predicted octanol–water partition coefficient (Wildman–Crippen LogP) is 4.46. The van der Waals surface area contributed by atoms with Crippen LogP contribution in [0.4, 0.5) is 8.78 Å². The highest BCUT2D eigenvalue weighted by Gasteiger charge is 2.40. The van der Waals surface area contributed by atoms with Gasteiger partial charge in [0.05, 0.1) is 4.47 Å². The second-order valence-electron chi connectivity index (χ2n) is 5.39. The van der Waals surface area contributed by atoms with Gasteiger partial charge >= 0.3 is 0 Å². The van der Waals surface area contributed by atoms with Crippen LogP contribution >= 0.6 is 27.5 Å². The Balaban J connectivity index is 1.99. The van der Waals surface area contributed by atoms with Crippen LogP contribution in [0.1, 0.15) is 11.1 Å². The van der Waals surface area contributed by atoms with Crippen LogP contribution in [-0.4, -0.2) is 13.1 Å². The summed E-state index contributed by atoms with van der Waals surface area (Å²) in [5, 5.41) is 3.85. The molecule has 110 valence electrons. The van der Waals surface area contributed by atoms with Gasteiger partial charge in [-0.3, -0.25) is 0 Å². The third-order valence-electron chi connectivity index (χ3n) is 4.04. The molecule has 0 atom stereocenters. The normalized spacial score (nSPS) is 16.6. The first-order chi connectivity index (χ1) is 10.0. The Morgan fingerprint density at radius 3 is 2.33 bits per heavy atom. The van der Waals surface area contributed by atoms with Gasteiger partial charge < -0.3 is 5.32 Å². The van der Waals surface area contributed by atoms with Gasteiger partial charge in [-0.2, -0.15) is 0 Å². The minimum Gasteiger partial charge on any atom is -0.315 e. The summed E-state index contributed by atoms with van der Waals surface area (Å²) in [7, 11) is 0. The van der Waals surface area contributed by atoms with Crippen LogP contribution < -0.4 is 5.32 Å². The number of halogens is 4. The van der Waals surface area contributed by atoms with Crippen LogP contribution in [0.2, 0.25) is 5.02 Å². The largest absolute Gasteiger partial charge is 0.315 e. The summed E-state index contributed by atoms with van der Waals surface area (Å²) in [4.78, 5) is 0. The number of hydrogen-bond donors (Lipinski definition) is 1. The van der Waals surface area contributed by atoms with Gasteiger partial charge in [-0.05, 0) is 52.2 Å². The van der Waals surface area contributed by atoms with Crippen molar-refractivity contribution in [3.63, 3.8) is 0 Å². The van der Waals surface area contributed by atoms with Crippen molar-refractivity contribution in [2.45, 2.75) is 11.8 Å². The van der Waals surface area contributed by atoms with Gasteiger partial charge in [0.25, 0.3) is 0 Å². The standard InChI is InChI=1S/C16H13BrClF2N/c17-13-5-6-14(19)12(15(13)20)7-16(8-21-9-16)10-1-3-11(18)4-2-10/h1-6,21H,7-9H2. The van der Waals surface area contributed by atoms with E-state index in [1.165, 1.54) is 12.1 Å². The monoisotopic (exact) mass is 371 g/mol. The Hall–Kier alpha value is -0.970.